The lowest BCUT2D eigenvalue weighted by Crippen LogP contribution is -2.29. The number of hydroxylamine groups is 1. The topological polar surface area (TPSA) is 92.0 Å². The molecule has 0 radical (unpaired) electrons. The van der Waals surface area contributed by atoms with E-state index in [1.807, 2.05) is 0 Å². The predicted molar refractivity (Wildman–Crippen MR) is 46.4 cm³/mol. The average molecular weight is 195 g/mol. The van der Waals surface area contributed by atoms with Crippen LogP contribution in [0.15, 0.2) is 24.3 Å². The van der Waals surface area contributed by atoms with Gasteiger partial charge in [0.1, 0.15) is 5.75 Å². The van der Waals surface area contributed by atoms with Crippen molar-refractivity contribution in [1.29, 1.82) is 0 Å². The van der Waals surface area contributed by atoms with Gasteiger partial charge in [0.15, 0.2) is 0 Å². The molecule has 5 heteroatoms. The zero-order valence-electron chi connectivity index (χ0n) is 7.23. The molecule has 14 heavy (non-hydrogen) atoms. The molecule has 0 unspecified atom stereocenters. The van der Waals surface area contributed by atoms with Crippen molar-refractivity contribution in [3.05, 3.63) is 29.8 Å². The number of aliphatic carboxylic acids is 1. The van der Waals surface area contributed by atoms with Crippen LogP contribution in [-0.4, -0.2) is 21.9 Å². The Morgan fingerprint density at radius 2 is 2.00 bits per heavy atom. The first-order valence-electron chi connectivity index (χ1n) is 4.09. The number of rotatable bonds is 3. The number of carbonyl (C=O) groups is 1. The number of hydrogen-bond donors (Lipinski definition) is 3. The minimum Gasteiger partial charge on any atom is -0.508 e. The van der Waals surface area contributed by atoms with E-state index >= 15 is 0 Å². The molecule has 1 saturated heterocycles. The first-order chi connectivity index (χ1) is 6.62. The second kappa shape index (κ2) is 2.97. The smallest absolute Gasteiger partial charge is 0.355 e. The van der Waals surface area contributed by atoms with E-state index in [4.69, 9.17) is 10.2 Å². The quantitative estimate of drug-likeness (QED) is 0.601. The molecule has 0 aromatic heterocycles. The van der Waals surface area contributed by atoms with Gasteiger partial charge in [0.2, 0.25) is 0 Å². The van der Waals surface area contributed by atoms with E-state index in [2.05, 4.69) is 10.3 Å². The zero-order chi connectivity index (χ0) is 10.2. The van der Waals surface area contributed by atoms with Gasteiger partial charge in [-0.2, -0.15) is 5.48 Å². The van der Waals surface area contributed by atoms with Crippen LogP contribution >= 0.6 is 0 Å². The Hall–Kier alpha value is -1.59. The molecule has 2 rings (SSSR count). The van der Waals surface area contributed by atoms with Gasteiger partial charge >= 0.3 is 5.97 Å². The van der Waals surface area contributed by atoms with Crippen molar-refractivity contribution in [3.63, 3.8) is 0 Å². The lowest BCUT2D eigenvalue weighted by Gasteiger charge is -2.03. The fourth-order valence-corrected chi connectivity index (χ4v) is 1.20. The number of aromatic hydroxyl groups is 1. The van der Waals surface area contributed by atoms with E-state index in [0.717, 1.165) is 5.56 Å². The molecule has 1 aliphatic rings. The molecular weight excluding hydrogens is 186 g/mol. The van der Waals surface area contributed by atoms with Gasteiger partial charge in [0, 0.05) is 6.42 Å². The van der Waals surface area contributed by atoms with Crippen molar-refractivity contribution in [2.24, 2.45) is 0 Å². The van der Waals surface area contributed by atoms with Gasteiger partial charge in [0.25, 0.3) is 5.72 Å². The summed E-state index contributed by atoms with van der Waals surface area (Å²) in [5.74, 6) is -0.881. The van der Waals surface area contributed by atoms with Crippen molar-refractivity contribution in [1.82, 2.24) is 5.48 Å². The minimum atomic E-state index is -1.27. The van der Waals surface area contributed by atoms with Crippen molar-refractivity contribution >= 4 is 5.97 Å². The van der Waals surface area contributed by atoms with Crippen LogP contribution < -0.4 is 5.48 Å². The third-order valence-electron chi connectivity index (χ3n) is 2.08. The Morgan fingerprint density at radius 3 is 2.43 bits per heavy atom. The number of carboxylic acid groups (broad SMARTS) is 1. The molecule has 1 aromatic rings. The SMILES string of the molecule is O=C(O)[C@]1(Cc2ccc(O)cc2)NO1. The Balaban J connectivity index is 2.11. The van der Waals surface area contributed by atoms with Crippen LogP contribution in [0.25, 0.3) is 0 Å². The number of hydrogen-bond acceptors (Lipinski definition) is 4. The molecule has 1 aliphatic heterocycles. The maximum atomic E-state index is 10.7. The minimum absolute atomic E-state index is 0.155. The highest BCUT2D eigenvalue weighted by molar-refractivity contribution is 5.79. The van der Waals surface area contributed by atoms with Gasteiger partial charge in [-0.25, -0.2) is 4.79 Å². The van der Waals surface area contributed by atoms with Crippen molar-refractivity contribution < 1.29 is 19.8 Å². The second-order valence-electron chi connectivity index (χ2n) is 3.18. The summed E-state index contributed by atoms with van der Waals surface area (Å²) >= 11 is 0. The summed E-state index contributed by atoms with van der Waals surface area (Å²) in [6.07, 6.45) is 0.239. The van der Waals surface area contributed by atoms with Crippen LogP contribution in [-0.2, 0) is 16.1 Å². The third kappa shape index (κ3) is 1.55. The maximum absolute atomic E-state index is 10.7. The molecule has 0 bridgehead atoms. The first-order valence-corrected chi connectivity index (χ1v) is 4.09. The van der Waals surface area contributed by atoms with Crippen LogP contribution in [0.2, 0.25) is 0 Å². The van der Waals surface area contributed by atoms with E-state index < -0.39 is 11.7 Å². The van der Waals surface area contributed by atoms with E-state index in [0.29, 0.717) is 0 Å². The molecule has 0 spiro atoms. The van der Waals surface area contributed by atoms with Gasteiger partial charge in [-0.15, -0.1) is 0 Å². The monoisotopic (exact) mass is 195 g/mol. The number of phenolic OH excluding ortho intramolecular Hbond substituents is 1. The number of nitrogens with one attached hydrogen (secondary N) is 1. The Bertz CT molecular complexity index is 356. The molecule has 74 valence electrons. The maximum Gasteiger partial charge on any atom is 0.355 e. The largest absolute Gasteiger partial charge is 0.508 e. The fraction of sp³-hybridized carbons (Fsp3) is 0.222. The predicted octanol–water partition coefficient (Wildman–Crippen LogP) is 0.250. The molecule has 1 heterocycles. The summed E-state index contributed by atoms with van der Waals surface area (Å²) in [5.41, 5.74) is 1.87. The van der Waals surface area contributed by atoms with Crippen LogP contribution in [0.4, 0.5) is 0 Å². The lowest BCUT2D eigenvalue weighted by atomic mass is 10.1. The van der Waals surface area contributed by atoms with Crippen molar-refractivity contribution in [2.45, 2.75) is 12.1 Å². The zero-order valence-corrected chi connectivity index (χ0v) is 7.23. The summed E-state index contributed by atoms with van der Waals surface area (Å²) < 4.78 is 0. The van der Waals surface area contributed by atoms with Crippen molar-refractivity contribution in [3.8, 4) is 5.75 Å². The first kappa shape index (κ1) is 8.98. The highest BCUT2D eigenvalue weighted by atomic mass is 16.8. The van der Waals surface area contributed by atoms with Crippen LogP contribution in [0, 0.1) is 0 Å². The van der Waals surface area contributed by atoms with Crippen molar-refractivity contribution in [2.75, 3.05) is 0 Å². The average Bonchev–Trinajstić information content (AvgIpc) is 2.90. The highest BCUT2D eigenvalue weighted by Crippen LogP contribution is 2.25. The number of carboxylic acids is 1. The van der Waals surface area contributed by atoms with E-state index in [9.17, 15) is 4.79 Å². The van der Waals surface area contributed by atoms with Crippen LogP contribution in [0.3, 0.4) is 0 Å². The molecule has 0 aliphatic carbocycles. The van der Waals surface area contributed by atoms with E-state index in [1.54, 1.807) is 12.1 Å². The van der Waals surface area contributed by atoms with Gasteiger partial charge < -0.3 is 10.2 Å². The molecule has 1 atom stereocenters. The Morgan fingerprint density at radius 1 is 1.43 bits per heavy atom. The highest BCUT2D eigenvalue weighted by Gasteiger charge is 2.53. The summed E-state index contributed by atoms with van der Waals surface area (Å²) in [6, 6.07) is 6.33. The molecule has 1 aromatic carbocycles. The summed E-state index contributed by atoms with van der Waals surface area (Å²) in [7, 11) is 0. The van der Waals surface area contributed by atoms with Gasteiger partial charge in [-0.05, 0) is 17.7 Å². The van der Waals surface area contributed by atoms with Crippen LogP contribution in [0.1, 0.15) is 5.56 Å². The summed E-state index contributed by atoms with van der Waals surface area (Å²) in [6.45, 7) is 0. The van der Waals surface area contributed by atoms with Gasteiger partial charge in [-0.1, -0.05) is 12.1 Å². The lowest BCUT2D eigenvalue weighted by molar-refractivity contribution is -0.143. The Labute approximate surface area is 79.9 Å². The second-order valence-corrected chi connectivity index (χ2v) is 3.18. The molecule has 0 saturated carbocycles. The number of benzene rings is 1. The molecule has 3 N–H and O–H groups in total. The molecular formula is C9H9NO4. The standard InChI is InChI=1S/C9H9NO4/c11-7-3-1-6(2-4-7)5-9(8(12)13)10-14-9/h1-4,10-11H,5H2,(H,12,13)/t9-/m1/s1. The molecule has 0 amide bonds. The Kier molecular flexibility index (Phi) is 1.90. The summed E-state index contributed by atoms with van der Waals surface area (Å²) in [4.78, 5) is 15.4. The van der Waals surface area contributed by atoms with E-state index in [-0.39, 0.29) is 12.2 Å². The van der Waals surface area contributed by atoms with Gasteiger partial charge in [0.05, 0.1) is 0 Å². The third-order valence-corrected chi connectivity index (χ3v) is 2.08. The van der Waals surface area contributed by atoms with Crippen LogP contribution in [0.5, 0.6) is 5.75 Å². The fourth-order valence-electron chi connectivity index (χ4n) is 1.20. The normalized spacial score (nSPS) is 24.6. The van der Waals surface area contributed by atoms with Gasteiger partial charge in [-0.3, -0.25) is 4.84 Å². The molecule has 1 fully saturated rings. The molecule has 5 nitrogen and oxygen atoms in total. The number of phenols is 1. The summed E-state index contributed by atoms with van der Waals surface area (Å²) in [5, 5.41) is 17.8. The van der Waals surface area contributed by atoms with E-state index in [1.165, 1.54) is 12.1 Å².